The summed E-state index contributed by atoms with van der Waals surface area (Å²) < 4.78 is 0. The van der Waals surface area contributed by atoms with Crippen LogP contribution in [0.2, 0.25) is 10.0 Å². The van der Waals surface area contributed by atoms with Crippen LogP contribution in [0.5, 0.6) is 0 Å². The van der Waals surface area contributed by atoms with Crippen molar-refractivity contribution in [2.75, 3.05) is 31.5 Å². The molecule has 3 rings (SSSR count). The number of halogens is 2. The number of nitrogens with one attached hydrogen (secondary N) is 2. The number of piperidine rings is 1. The molecule has 2 saturated heterocycles. The fourth-order valence-corrected chi connectivity index (χ4v) is 3.59. The predicted molar refractivity (Wildman–Crippen MR) is 86.0 cm³/mol. The highest BCUT2D eigenvalue weighted by Gasteiger charge is 2.34. The largest absolute Gasteiger partial charge is 0.324 e. The molecule has 0 radical (unpaired) electrons. The van der Waals surface area contributed by atoms with Crippen LogP contribution >= 0.6 is 23.2 Å². The molecule has 0 saturated carbocycles. The Morgan fingerprint density at radius 2 is 2.24 bits per heavy atom. The van der Waals surface area contributed by atoms with E-state index in [9.17, 15) is 4.79 Å². The normalized spacial score (nSPS) is 25.6. The molecule has 1 aromatic rings. The lowest BCUT2D eigenvalue weighted by molar-refractivity contribution is -0.117. The van der Waals surface area contributed by atoms with Gasteiger partial charge in [-0.15, -0.1) is 0 Å². The van der Waals surface area contributed by atoms with Crippen LogP contribution in [0, 0.1) is 5.92 Å². The van der Waals surface area contributed by atoms with Gasteiger partial charge in [0.25, 0.3) is 0 Å². The summed E-state index contributed by atoms with van der Waals surface area (Å²) in [6.07, 6.45) is 2.50. The van der Waals surface area contributed by atoms with E-state index in [1.54, 1.807) is 18.2 Å². The average Bonchev–Trinajstić information content (AvgIpc) is 2.84. The zero-order chi connectivity index (χ0) is 14.8. The van der Waals surface area contributed by atoms with Gasteiger partial charge in [0.1, 0.15) is 0 Å². The Balaban J connectivity index is 1.56. The van der Waals surface area contributed by atoms with Crippen molar-refractivity contribution in [1.82, 2.24) is 10.2 Å². The summed E-state index contributed by atoms with van der Waals surface area (Å²) in [5.41, 5.74) is 0.573. The minimum atomic E-state index is -0.0437. The number of carbonyl (C=O) groups is 1. The standard InChI is InChI=1S/C15H19Cl2N3O/c16-11-3-4-12(17)13(6-11)19-15(21)9-20-7-10-2-1-5-18-14(10)8-20/h3-4,6,10,14,18H,1-2,5,7-9H2,(H,19,21)/t10-,14+/m0/s1. The molecule has 1 aromatic carbocycles. The summed E-state index contributed by atoms with van der Waals surface area (Å²) >= 11 is 12.0. The molecular weight excluding hydrogens is 309 g/mol. The Labute approximate surface area is 134 Å². The monoisotopic (exact) mass is 327 g/mol. The van der Waals surface area contributed by atoms with Gasteiger partial charge in [-0.1, -0.05) is 23.2 Å². The van der Waals surface area contributed by atoms with Gasteiger partial charge in [-0.2, -0.15) is 0 Å². The first-order valence-corrected chi connectivity index (χ1v) is 8.08. The average molecular weight is 328 g/mol. The number of rotatable bonds is 3. The van der Waals surface area contributed by atoms with Crippen molar-refractivity contribution in [3.8, 4) is 0 Å². The van der Waals surface area contributed by atoms with Crippen LogP contribution in [0.25, 0.3) is 0 Å². The lowest BCUT2D eigenvalue weighted by atomic mass is 9.94. The SMILES string of the molecule is O=C(CN1C[C@@H]2CCCN[C@@H]2C1)Nc1cc(Cl)ccc1Cl. The third-order valence-corrected chi connectivity index (χ3v) is 4.81. The Morgan fingerprint density at radius 1 is 1.38 bits per heavy atom. The van der Waals surface area contributed by atoms with E-state index in [2.05, 4.69) is 15.5 Å². The number of hydrogen-bond donors (Lipinski definition) is 2. The molecule has 0 bridgehead atoms. The van der Waals surface area contributed by atoms with Crippen LogP contribution in [-0.4, -0.2) is 43.0 Å². The zero-order valence-corrected chi connectivity index (χ0v) is 13.3. The Kier molecular flexibility index (Phi) is 4.69. The highest BCUT2D eigenvalue weighted by molar-refractivity contribution is 6.35. The van der Waals surface area contributed by atoms with Crippen molar-refractivity contribution in [3.63, 3.8) is 0 Å². The zero-order valence-electron chi connectivity index (χ0n) is 11.7. The fraction of sp³-hybridized carbons (Fsp3) is 0.533. The molecule has 1 amide bonds. The molecule has 2 fully saturated rings. The Hall–Kier alpha value is -0.810. The van der Waals surface area contributed by atoms with E-state index in [0.717, 1.165) is 19.6 Å². The van der Waals surface area contributed by atoms with E-state index in [4.69, 9.17) is 23.2 Å². The molecule has 0 aromatic heterocycles. The third kappa shape index (κ3) is 3.69. The maximum absolute atomic E-state index is 12.2. The van der Waals surface area contributed by atoms with Gasteiger partial charge in [0.05, 0.1) is 17.3 Å². The van der Waals surface area contributed by atoms with Crippen molar-refractivity contribution >= 4 is 34.8 Å². The second kappa shape index (κ2) is 6.53. The van der Waals surface area contributed by atoms with Gasteiger partial charge in [-0.05, 0) is 43.5 Å². The molecule has 4 nitrogen and oxygen atoms in total. The third-order valence-electron chi connectivity index (χ3n) is 4.24. The minimum absolute atomic E-state index is 0.0437. The first-order chi connectivity index (χ1) is 10.1. The Bertz CT molecular complexity index is 524. The molecule has 2 aliphatic rings. The van der Waals surface area contributed by atoms with E-state index in [1.807, 2.05) is 0 Å². The van der Waals surface area contributed by atoms with E-state index in [1.165, 1.54) is 12.8 Å². The van der Waals surface area contributed by atoms with Crippen molar-refractivity contribution in [1.29, 1.82) is 0 Å². The molecule has 114 valence electrons. The van der Waals surface area contributed by atoms with E-state index in [0.29, 0.717) is 34.2 Å². The van der Waals surface area contributed by atoms with Crippen molar-refractivity contribution in [3.05, 3.63) is 28.2 Å². The predicted octanol–water partition coefficient (Wildman–Crippen LogP) is 2.62. The van der Waals surface area contributed by atoms with Crippen LogP contribution < -0.4 is 10.6 Å². The number of nitrogens with zero attached hydrogens (tertiary/aromatic N) is 1. The highest BCUT2D eigenvalue weighted by atomic mass is 35.5. The van der Waals surface area contributed by atoms with E-state index < -0.39 is 0 Å². The number of amides is 1. The molecule has 0 aliphatic carbocycles. The van der Waals surface area contributed by atoms with E-state index >= 15 is 0 Å². The van der Waals surface area contributed by atoms with Crippen LogP contribution in [0.15, 0.2) is 18.2 Å². The van der Waals surface area contributed by atoms with Crippen molar-refractivity contribution in [2.24, 2.45) is 5.92 Å². The first kappa shape index (κ1) is 15.1. The summed E-state index contributed by atoms with van der Waals surface area (Å²) in [5, 5.41) is 7.45. The molecule has 2 N–H and O–H groups in total. The fourth-order valence-electron chi connectivity index (χ4n) is 3.25. The van der Waals surface area contributed by atoms with Gasteiger partial charge in [0.2, 0.25) is 5.91 Å². The van der Waals surface area contributed by atoms with Crippen molar-refractivity contribution in [2.45, 2.75) is 18.9 Å². The lowest BCUT2D eigenvalue weighted by Crippen LogP contribution is -2.41. The lowest BCUT2D eigenvalue weighted by Gasteiger charge is -2.24. The van der Waals surface area contributed by atoms with Gasteiger partial charge < -0.3 is 10.6 Å². The summed E-state index contributed by atoms with van der Waals surface area (Å²) in [7, 11) is 0. The number of anilines is 1. The minimum Gasteiger partial charge on any atom is -0.324 e. The molecule has 2 heterocycles. The summed E-state index contributed by atoms with van der Waals surface area (Å²) in [4.78, 5) is 14.4. The molecule has 0 spiro atoms. The number of likely N-dealkylation sites (tertiary alicyclic amines) is 1. The smallest absolute Gasteiger partial charge is 0.238 e. The number of hydrogen-bond acceptors (Lipinski definition) is 3. The molecule has 2 aliphatic heterocycles. The van der Waals surface area contributed by atoms with Gasteiger partial charge >= 0.3 is 0 Å². The number of carbonyl (C=O) groups excluding carboxylic acids is 1. The van der Waals surface area contributed by atoms with Crippen LogP contribution in [0.4, 0.5) is 5.69 Å². The summed E-state index contributed by atoms with van der Waals surface area (Å²) in [6.45, 7) is 3.44. The Morgan fingerprint density at radius 3 is 3.05 bits per heavy atom. The van der Waals surface area contributed by atoms with Crippen LogP contribution in [0.3, 0.4) is 0 Å². The number of fused-ring (bicyclic) bond motifs is 1. The van der Waals surface area contributed by atoms with Gasteiger partial charge in [-0.3, -0.25) is 9.69 Å². The molecule has 21 heavy (non-hydrogen) atoms. The molecule has 6 heteroatoms. The van der Waals surface area contributed by atoms with Crippen LogP contribution in [0.1, 0.15) is 12.8 Å². The maximum atomic E-state index is 12.2. The first-order valence-electron chi connectivity index (χ1n) is 7.32. The van der Waals surface area contributed by atoms with Crippen LogP contribution in [-0.2, 0) is 4.79 Å². The summed E-state index contributed by atoms with van der Waals surface area (Å²) in [5.74, 6) is 0.638. The van der Waals surface area contributed by atoms with Gasteiger partial charge in [0, 0.05) is 24.2 Å². The van der Waals surface area contributed by atoms with Gasteiger partial charge in [0.15, 0.2) is 0 Å². The molecule has 2 atom stereocenters. The molecular formula is C15H19Cl2N3O. The second-order valence-corrected chi connectivity index (χ2v) is 6.67. The molecule has 0 unspecified atom stereocenters. The van der Waals surface area contributed by atoms with Gasteiger partial charge in [-0.25, -0.2) is 0 Å². The maximum Gasteiger partial charge on any atom is 0.238 e. The number of benzene rings is 1. The second-order valence-electron chi connectivity index (χ2n) is 5.83. The highest BCUT2D eigenvalue weighted by Crippen LogP contribution is 2.26. The summed E-state index contributed by atoms with van der Waals surface area (Å²) in [6, 6.07) is 5.61. The quantitative estimate of drug-likeness (QED) is 0.896. The van der Waals surface area contributed by atoms with Crippen molar-refractivity contribution < 1.29 is 4.79 Å². The topological polar surface area (TPSA) is 44.4 Å². The van der Waals surface area contributed by atoms with E-state index in [-0.39, 0.29) is 5.91 Å².